The van der Waals surface area contributed by atoms with Gasteiger partial charge in [-0.25, -0.2) is 0 Å². The average molecular weight is 296 g/mol. The summed E-state index contributed by atoms with van der Waals surface area (Å²) < 4.78 is 10.5. The Bertz CT molecular complexity index is 715. The van der Waals surface area contributed by atoms with Gasteiger partial charge >= 0.3 is 0 Å². The van der Waals surface area contributed by atoms with Crippen LogP contribution in [0.4, 0.5) is 0 Å². The van der Waals surface area contributed by atoms with E-state index in [1.165, 1.54) is 0 Å². The minimum atomic E-state index is -0.00372. The van der Waals surface area contributed by atoms with Crippen molar-refractivity contribution in [3.05, 3.63) is 64.7 Å². The van der Waals surface area contributed by atoms with Crippen molar-refractivity contribution in [3.8, 4) is 11.5 Å². The standard InChI is InChI=1S/C19H20O3/c1-13-5-6-14(2)16(11-13)17(20)9-7-15-8-10-18(21-3)19(12-15)22-4/h5-12H,1-4H3/b9-7+. The summed E-state index contributed by atoms with van der Waals surface area (Å²) >= 11 is 0. The minimum Gasteiger partial charge on any atom is -0.493 e. The van der Waals surface area contributed by atoms with Gasteiger partial charge in [0.05, 0.1) is 14.2 Å². The molecule has 0 aliphatic heterocycles. The number of ether oxygens (including phenoxy) is 2. The van der Waals surface area contributed by atoms with E-state index >= 15 is 0 Å². The second kappa shape index (κ2) is 6.94. The molecule has 0 aromatic heterocycles. The summed E-state index contributed by atoms with van der Waals surface area (Å²) in [6.45, 7) is 3.92. The molecule has 0 radical (unpaired) electrons. The Morgan fingerprint density at radius 2 is 1.68 bits per heavy atom. The van der Waals surface area contributed by atoms with Gasteiger partial charge in [-0.05, 0) is 49.2 Å². The van der Waals surface area contributed by atoms with Crippen LogP contribution in [0.2, 0.25) is 0 Å². The minimum absolute atomic E-state index is 0.00372. The highest BCUT2D eigenvalue weighted by atomic mass is 16.5. The third kappa shape index (κ3) is 3.55. The van der Waals surface area contributed by atoms with Crippen LogP contribution in [0.3, 0.4) is 0 Å². The van der Waals surface area contributed by atoms with Gasteiger partial charge in [0, 0.05) is 5.56 Å². The number of methoxy groups -OCH3 is 2. The van der Waals surface area contributed by atoms with E-state index in [4.69, 9.17) is 9.47 Å². The highest BCUT2D eigenvalue weighted by molar-refractivity contribution is 6.07. The molecule has 3 heteroatoms. The smallest absolute Gasteiger partial charge is 0.186 e. The van der Waals surface area contributed by atoms with Gasteiger partial charge in [-0.1, -0.05) is 29.8 Å². The molecule has 2 rings (SSSR count). The molecule has 0 aliphatic carbocycles. The maximum Gasteiger partial charge on any atom is 0.186 e. The van der Waals surface area contributed by atoms with Crippen molar-refractivity contribution in [2.45, 2.75) is 13.8 Å². The molecule has 2 aromatic carbocycles. The van der Waals surface area contributed by atoms with Gasteiger partial charge in [-0.3, -0.25) is 4.79 Å². The van der Waals surface area contributed by atoms with Gasteiger partial charge in [0.25, 0.3) is 0 Å². The topological polar surface area (TPSA) is 35.5 Å². The molecule has 0 saturated carbocycles. The molecule has 0 spiro atoms. The number of benzene rings is 2. The summed E-state index contributed by atoms with van der Waals surface area (Å²) in [6.07, 6.45) is 3.37. The quantitative estimate of drug-likeness (QED) is 0.612. The van der Waals surface area contributed by atoms with E-state index in [9.17, 15) is 4.79 Å². The Morgan fingerprint density at radius 3 is 2.36 bits per heavy atom. The fourth-order valence-electron chi connectivity index (χ4n) is 2.22. The molecule has 2 aromatic rings. The lowest BCUT2D eigenvalue weighted by Gasteiger charge is -2.07. The molecule has 0 aliphatic rings. The first-order chi connectivity index (χ1) is 10.5. The molecule has 0 saturated heterocycles. The van der Waals surface area contributed by atoms with Gasteiger partial charge in [0.15, 0.2) is 17.3 Å². The van der Waals surface area contributed by atoms with Crippen molar-refractivity contribution in [2.24, 2.45) is 0 Å². The van der Waals surface area contributed by atoms with Crippen LogP contribution in [0, 0.1) is 13.8 Å². The molecule has 0 fully saturated rings. The van der Waals surface area contributed by atoms with Crippen LogP contribution in [-0.2, 0) is 0 Å². The first kappa shape index (κ1) is 15.8. The molecule has 0 N–H and O–H groups in total. The van der Waals surface area contributed by atoms with Crippen molar-refractivity contribution in [1.82, 2.24) is 0 Å². The Balaban J connectivity index is 2.24. The second-order valence-corrected chi connectivity index (χ2v) is 5.13. The number of aryl methyl sites for hydroxylation is 2. The zero-order valence-corrected chi connectivity index (χ0v) is 13.3. The van der Waals surface area contributed by atoms with E-state index in [-0.39, 0.29) is 5.78 Å². The van der Waals surface area contributed by atoms with Crippen LogP contribution in [-0.4, -0.2) is 20.0 Å². The third-order valence-electron chi connectivity index (χ3n) is 3.49. The summed E-state index contributed by atoms with van der Waals surface area (Å²) in [6, 6.07) is 11.4. The Labute approximate surface area is 131 Å². The molecule has 0 unspecified atom stereocenters. The highest BCUT2D eigenvalue weighted by Gasteiger charge is 2.07. The molecule has 3 nitrogen and oxygen atoms in total. The predicted molar refractivity (Wildman–Crippen MR) is 88.8 cm³/mol. The fourth-order valence-corrected chi connectivity index (χ4v) is 2.22. The van der Waals surface area contributed by atoms with Crippen molar-refractivity contribution >= 4 is 11.9 Å². The summed E-state index contributed by atoms with van der Waals surface area (Å²) in [5.74, 6) is 1.31. The summed E-state index contributed by atoms with van der Waals surface area (Å²) in [7, 11) is 3.18. The Hall–Kier alpha value is -2.55. The summed E-state index contributed by atoms with van der Waals surface area (Å²) in [4.78, 5) is 12.3. The molecule has 0 bridgehead atoms. The van der Waals surface area contributed by atoms with Gasteiger partial charge < -0.3 is 9.47 Å². The molecule has 114 valence electrons. The molecule has 22 heavy (non-hydrogen) atoms. The SMILES string of the molecule is COc1ccc(/C=C/C(=O)c2cc(C)ccc2C)cc1OC. The normalized spacial score (nSPS) is 10.7. The van der Waals surface area contributed by atoms with E-state index in [2.05, 4.69) is 0 Å². The number of rotatable bonds is 5. The zero-order valence-electron chi connectivity index (χ0n) is 13.3. The fraction of sp³-hybridized carbons (Fsp3) is 0.211. The lowest BCUT2D eigenvalue weighted by atomic mass is 10.0. The van der Waals surface area contributed by atoms with Crippen molar-refractivity contribution < 1.29 is 14.3 Å². The number of ketones is 1. The van der Waals surface area contributed by atoms with Crippen LogP contribution >= 0.6 is 0 Å². The first-order valence-corrected chi connectivity index (χ1v) is 7.07. The molecule has 0 heterocycles. The summed E-state index contributed by atoms with van der Waals surface area (Å²) in [5.41, 5.74) is 3.68. The lowest BCUT2D eigenvalue weighted by molar-refractivity contribution is 0.104. The number of allylic oxidation sites excluding steroid dienone is 1. The van der Waals surface area contributed by atoms with Crippen LogP contribution < -0.4 is 9.47 Å². The van der Waals surface area contributed by atoms with Crippen molar-refractivity contribution in [2.75, 3.05) is 14.2 Å². The van der Waals surface area contributed by atoms with Gasteiger partial charge in [-0.2, -0.15) is 0 Å². The van der Waals surface area contributed by atoms with Crippen molar-refractivity contribution in [3.63, 3.8) is 0 Å². The van der Waals surface area contributed by atoms with E-state index < -0.39 is 0 Å². The Morgan fingerprint density at radius 1 is 0.955 bits per heavy atom. The molecular formula is C19H20O3. The largest absolute Gasteiger partial charge is 0.493 e. The Kier molecular flexibility index (Phi) is 4.99. The monoisotopic (exact) mass is 296 g/mol. The number of hydrogen-bond donors (Lipinski definition) is 0. The first-order valence-electron chi connectivity index (χ1n) is 7.07. The van der Waals surface area contributed by atoms with Gasteiger partial charge in [-0.15, -0.1) is 0 Å². The van der Waals surface area contributed by atoms with E-state index in [0.29, 0.717) is 11.5 Å². The van der Waals surface area contributed by atoms with Crippen molar-refractivity contribution in [1.29, 1.82) is 0 Å². The average Bonchev–Trinajstić information content (AvgIpc) is 2.54. The van der Waals surface area contributed by atoms with Crippen LogP contribution in [0.5, 0.6) is 11.5 Å². The van der Waals surface area contributed by atoms with E-state index in [1.807, 2.05) is 50.2 Å². The lowest BCUT2D eigenvalue weighted by Crippen LogP contribution is -1.98. The maximum absolute atomic E-state index is 12.3. The van der Waals surface area contributed by atoms with Gasteiger partial charge in [0.1, 0.15) is 0 Å². The van der Waals surface area contributed by atoms with Crippen LogP contribution in [0.25, 0.3) is 6.08 Å². The van der Waals surface area contributed by atoms with E-state index in [1.54, 1.807) is 26.4 Å². The second-order valence-electron chi connectivity index (χ2n) is 5.13. The maximum atomic E-state index is 12.3. The molecule has 0 atom stereocenters. The third-order valence-corrected chi connectivity index (χ3v) is 3.49. The van der Waals surface area contributed by atoms with E-state index in [0.717, 1.165) is 22.3 Å². The summed E-state index contributed by atoms with van der Waals surface area (Å²) in [5, 5.41) is 0. The predicted octanol–water partition coefficient (Wildman–Crippen LogP) is 4.22. The highest BCUT2D eigenvalue weighted by Crippen LogP contribution is 2.28. The number of carbonyl (C=O) groups excluding carboxylic acids is 1. The van der Waals surface area contributed by atoms with Crippen LogP contribution in [0.1, 0.15) is 27.0 Å². The van der Waals surface area contributed by atoms with Gasteiger partial charge in [0.2, 0.25) is 0 Å². The molecule has 0 amide bonds. The molecular weight excluding hydrogens is 276 g/mol. The number of carbonyl (C=O) groups is 1. The number of hydrogen-bond acceptors (Lipinski definition) is 3. The van der Waals surface area contributed by atoms with Crippen LogP contribution in [0.15, 0.2) is 42.5 Å². The zero-order chi connectivity index (χ0) is 16.1.